The third kappa shape index (κ3) is 3.15. The molecule has 0 spiro atoms. The summed E-state index contributed by atoms with van der Waals surface area (Å²) >= 11 is 0. The molecule has 0 amide bonds. The lowest BCUT2D eigenvalue weighted by Crippen LogP contribution is -2.23. The quantitative estimate of drug-likeness (QED) is 0.514. The number of para-hydroxylation sites is 2. The van der Waals surface area contributed by atoms with Gasteiger partial charge in [-0.2, -0.15) is 0 Å². The minimum Gasteiger partial charge on any atom is -0.465 e. The van der Waals surface area contributed by atoms with Crippen LogP contribution in [0.2, 0.25) is 0 Å². The summed E-state index contributed by atoms with van der Waals surface area (Å²) in [6.07, 6.45) is 0. The van der Waals surface area contributed by atoms with E-state index in [0.717, 1.165) is 11.1 Å². The third-order valence-corrected chi connectivity index (χ3v) is 4.41. The zero-order chi connectivity index (χ0) is 18.8. The van der Waals surface area contributed by atoms with Crippen LogP contribution in [-0.2, 0) is 9.53 Å². The van der Waals surface area contributed by atoms with Gasteiger partial charge in [-0.1, -0.05) is 36.4 Å². The first-order chi connectivity index (χ1) is 13.2. The fourth-order valence-electron chi connectivity index (χ4n) is 3.12. The number of benzene rings is 3. The minimum atomic E-state index is -0.591. The zero-order valence-corrected chi connectivity index (χ0v) is 14.5. The lowest BCUT2D eigenvalue weighted by atomic mass is 9.88. The van der Waals surface area contributed by atoms with E-state index < -0.39 is 17.9 Å². The topological polar surface area (TPSA) is 61.8 Å². The lowest BCUT2D eigenvalue weighted by molar-refractivity contribution is -0.135. The highest BCUT2D eigenvalue weighted by Gasteiger charge is 2.33. The number of hydrogen-bond donors (Lipinski definition) is 0. The van der Waals surface area contributed by atoms with Crippen molar-refractivity contribution in [3.63, 3.8) is 0 Å². The van der Waals surface area contributed by atoms with E-state index in [-0.39, 0.29) is 0 Å². The summed E-state index contributed by atoms with van der Waals surface area (Å²) in [6, 6.07) is 21.1. The molecule has 0 saturated heterocycles. The average molecular weight is 360 g/mol. The molecule has 0 fully saturated rings. The fraction of sp³-hybridized carbons (Fsp3) is 0.0909. The van der Waals surface area contributed by atoms with E-state index in [1.165, 1.54) is 7.11 Å². The van der Waals surface area contributed by atoms with Gasteiger partial charge < -0.3 is 14.2 Å². The molecule has 1 aliphatic heterocycles. The van der Waals surface area contributed by atoms with Crippen molar-refractivity contribution in [2.45, 2.75) is 5.92 Å². The fourth-order valence-corrected chi connectivity index (χ4v) is 3.12. The van der Waals surface area contributed by atoms with Crippen LogP contribution in [0.25, 0.3) is 0 Å². The summed E-state index contributed by atoms with van der Waals surface area (Å²) in [7, 11) is 1.32. The molecule has 1 aliphatic rings. The van der Waals surface area contributed by atoms with Crippen LogP contribution < -0.4 is 9.47 Å². The second-order valence-corrected chi connectivity index (χ2v) is 6.05. The van der Waals surface area contributed by atoms with Gasteiger partial charge in [-0.15, -0.1) is 0 Å². The standard InChI is InChI=1S/C22H16O5/c1-25-21(23)14-10-12-15(13-11-14)26-22(24)20-16-6-2-4-8-18(16)27-19-9-5-3-7-17(19)20/h2-13,20H,1H3. The van der Waals surface area contributed by atoms with Crippen molar-refractivity contribution in [2.24, 2.45) is 0 Å². The molecule has 4 rings (SSSR count). The number of carbonyl (C=O) groups excluding carboxylic acids is 2. The Labute approximate surface area is 156 Å². The van der Waals surface area contributed by atoms with Gasteiger partial charge in [0.2, 0.25) is 0 Å². The molecule has 5 nitrogen and oxygen atoms in total. The van der Waals surface area contributed by atoms with Gasteiger partial charge in [0.1, 0.15) is 23.2 Å². The van der Waals surface area contributed by atoms with Crippen LogP contribution >= 0.6 is 0 Å². The lowest BCUT2D eigenvalue weighted by Gasteiger charge is -2.26. The van der Waals surface area contributed by atoms with Gasteiger partial charge in [-0.3, -0.25) is 4.79 Å². The molecule has 0 atom stereocenters. The average Bonchev–Trinajstić information content (AvgIpc) is 2.71. The summed E-state index contributed by atoms with van der Waals surface area (Å²) in [6.45, 7) is 0. The van der Waals surface area contributed by atoms with Gasteiger partial charge in [0.15, 0.2) is 0 Å². The highest BCUT2D eigenvalue weighted by atomic mass is 16.5. The van der Waals surface area contributed by atoms with E-state index in [1.54, 1.807) is 24.3 Å². The number of methoxy groups -OCH3 is 1. The van der Waals surface area contributed by atoms with Crippen LogP contribution in [0.15, 0.2) is 72.8 Å². The number of hydrogen-bond acceptors (Lipinski definition) is 5. The van der Waals surface area contributed by atoms with Crippen LogP contribution in [0.5, 0.6) is 17.2 Å². The number of rotatable bonds is 3. The SMILES string of the molecule is COC(=O)c1ccc(OC(=O)C2c3ccccc3Oc3ccccc32)cc1. The molecule has 0 N–H and O–H groups in total. The second-order valence-electron chi connectivity index (χ2n) is 6.05. The predicted octanol–water partition coefficient (Wildman–Crippen LogP) is 4.32. The Balaban J connectivity index is 1.65. The van der Waals surface area contributed by atoms with Crippen LogP contribution in [0.3, 0.4) is 0 Å². The van der Waals surface area contributed by atoms with E-state index in [2.05, 4.69) is 4.74 Å². The molecule has 3 aromatic rings. The Hall–Kier alpha value is -3.60. The largest absolute Gasteiger partial charge is 0.465 e. The first-order valence-electron chi connectivity index (χ1n) is 8.43. The van der Waals surface area contributed by atoms with Crippen molar-refractivity contribution in [1.29, 1.82) is 0 Å². The minimum absolute atomic E-state index is 0.356. The molecule has 5 heteroatoms. The van der Waals surface area contributed by atoms with E-state index >= 15 is 0 Å². The van der Waals surface area contributed by atoms with Crippen LogP contribution in [0.1, 0.15) is 27.4 Å². The predicted molar refractivity (Wildman–Crippen MR) is 98.2 cm³/mol. The van der Waals surface area contributed by atoms with E-state index in [0.29, 0.717) is 22.8 Å². The summed E-state index contributed by atoms with van der Waals surface area (Å²) in [5.74, 6) is 0.183. The molecule has 0 aromatic heterocycles. The first kappa shape index (κ1) is 16.8. The van der Waals surface area contributed by atoms with Gasteiger partial charge in [0, 0.05) is 11.1 Å². The molecule has 0 saturated carbocycles. The van der Waals surface area contributed by atoms with Gasteiger partial charge in [-0.05, 0) is 36.4 Å². The summed E-state index contributed by atoms with van der Waals surface area (Å²) < 4.78 is 16.2. The monoisotopic (exact) mass is 360 g/mol. The number of esters is 2. The number of fused-ring (bicyclic) bond motifs is 2. The maximum Gasteiger partial charge on any atom is 0.337 e. The van der Waals surface area contributed by atoms with E-state index in [1.807, 2.05) is 48.5 Å². The zero-order valence-electron chi connectivity index (χ0n) is 14.5. The Morgan fingerprint density at radius 1 is 0.815 bits per heavy atom. The van der Waals surface area contributed by atoms with Gasteiger partial charge in [0.25, 0.3) is 0 Å². The van der Waals surface area contributed by atoms with E-state index in [4.69, 9.17) is 9.47 Å². The highest BCUT2D eigenvalue weighted by molar-refractivity contribution is 5.90. The Morgan fingerprint density at radius 2 is 1.37 bits per heavy atom. The van der Waals surface area contributed by atoms with Crippen molar-refractivity contribution in [2.75, 3.05) is 7.11 Å². The maximum atomic E-state index is 13.0. The summed E-state index contributed by atoms with van der Waals surface area (Å²) in [5.41, 5.74) is 1.90. The van der Waals surface area contributed by atoms with Gasteiger partial charge in [-0.25, -0.2) is 4.79 Å². The molecule has 0 bridgehead atoms. The number of ether oxygens (including phenoxy) is 3. The van der Waals surface area contributed by atoms with Crippen molar-refractivity contribution in [3.05, 3.63) is 89.5 Å². The molecule has 27 heavy (non-hydrogen) atoms. The Bertz CT molecular complexity index is 962. The molecule has 3 aromatic carbocycles. The molecular formula is C22H16O5. The van der Waals surface area contributed by atoms with Crippen LogP contribution in [0.4, 0.5) is 0 Å². The highest BCUT2D eigenvalue weighted by Crippen LogP contribution is 2.44. The molecular weight excluding hydrogens is 344 g/mol. The third-order valence-electron chi connectivity index (χ3n) is 4.41. The second kappa shape index (κ2) is 6.96. The van der Waals surface area contributed by atoms with Crippen molar-refractivity contribution >= 4 is 11.9 Å². The van der Waals surface area contributed by atoms with Gasteiger partial charge in [0.05, 0.1) is 12.7 Å². The molecule has 1 heterocycles. The van der Waals surface area contributed by atoms with Crippen molar-refractivity contribution in [3.8, 4) is 17.2 Å². The summed E-state index contributed by atoms with van der Waals surface area (Å²) in [4.78, 5) is 24.5. The normalized spacial score (nSPS) is 12.3. The maximum absolute atomic E-state index is 13.0. The molecule has 134 valence electrons. The van der Waals surface area contributed by atoms with Gasteiger partial charge >= 0.3 is 11.9 Å². The van der Waals surface area contributed by atoms with E-state index in [9.17, 15) is 9.59 Å². The van der Waals surface area contributed by atoms with Crippen LogP contribution in [-0.4, -0.2) is 19.0 Å². The molecule has 0 radical (unpaired) electrons. The molecule has 0 aliphatic carbocycles. The van der Waals surface area contributed by atoms with Crippen molar-refractivity contribution in [1.82, 2.24) is 0 Å². The smallest absolute Gasteiger partial charge is 0.337 e. The number of carbonyl (C=O) groups is 2. The first-order valence-corrected chi connectivity index (χ1v) is 8.43. The Kier molecular flexibility index (Phi) is 4.34. The Morgan fingerprint density at radius 3 is 1.93 bits per heavy atom. The van der Waals surface area contributed by atoms with Crippen LogP contribution in [0, 0.1) is 0 Å². The van der Waals surface area contributed by atoms with Crippen molar-refractivity contribution < 1.29 is 23.8 Å². The molecule has 0 unspecified atom stereocenters. The summed E-state index contributed by atoms with van der Waals surface area (Å²) in [5, 5.41) is 0.